The molecule has 72 valence electrons. The first-order chi connectivity index (χ1) is 6.88. The van der Waals surface area contributed by atoms with E-state index >= 15 is 0 Å². The van der Waals surface area contributed by atoms with E-state index in [1.807, 2.05) is 60.7 Å². The first-order valence-corrected chi connectivity index (χ1v) is 4.53. The fourth-order valence-electron chi connectivity index (χ4n) is 1.35. The van der Waals surface area contributed by atoms with Crippen LogP contribution in [0.5, 0.6) is 0 Å². The number of hydrogen-bond acceptors (Lipinski definition) is 1. The van der Waals surface area contributed by atoms with Crippen molar-refractivity contribution in [1.29, 1.82) is 0 Å². The standard InChI is InChI=1S/C13H10O.Ca.2H/c14-13(11-7-3-1-4-8-11)12-9-5-2-6-10-12;;;/h1-10H;;;/q;+2;2*-1. The van der Waals surface area contributed by atoms with Gasteiger partial charge in [-0.1, -0.05) is 60.7 Å². The van der Waals surface area contributed by atoms with Gasteiger partial charge in [-0.15, -0.1) is 0 Å². The fraction of sp³-hybridized carbons (Fsp3) is 0. The van der Waals surface area contributed by atoms with Crippen molar-refractivity contribution < 1.29 is 7.65 Å². The Kier molecular flexibility index (Phi) is 5.03. The number of benzene rings is 2. The summed E-state index contributed by atoms with van der Waals surface area (Å²) < 4.78 is 0. The van der Waals surface area contributed by atoms with Crippen LogP contribution in [0.15, 0.2) is 60.7 Å². The van der Waals surface area contributed by atoms with Crippen LogP contribution in [0.25, 0.3) is 0 Å². The topological polar surface area (TPSA) is 17.1 Å². The van der Waals surface area contributed by atoms with Crippen molar-refractivity contribution in [2.24, 2.45) is 0 Å². The van der Waals surface area contributed by atoms with Gasteiger partial charge in [0.05, 0.1) is 0 Å². The maximum Gasteiger partial charge on any atom is 2.00 e. The third-order valence-corrected chi connectivity index (χ3v) is 2.07. The summed E-state index contributed by atoms with van der Waals surface area (Å²) in [6.45, 7) is 0. The van der Waals surface area contributed by atoms with Crippen molar-refractivity contribution in [3.63, 3.8) is 0 Å². The molecule has 0 atom stereocenters. The minimum atomic E-state index is 0. The molecular weight excluding hydrogens is 212 g/mol. The maximum atomic E-state index is 11.8. The predicted octanol–water partition coefficient (Wildman–Crippen LogP) is 2.76. The van der Waals surface area contributed by atoms with E-state index in [4.69, 9.17) is 0 Å². The van der Waals surface area contributed by atoms with Crippen LogP contribution >= 0.6 is 0 Å². The molecule has 0 aliphatic carbocycles. The second-order valence-electron chi connectivity index (χ2n) is 3.06. The van der Waals surface area contributed by atoms with Crippen LogP contribution in [0.4, 0.5) is 0 Å². The molecule has 15 heavy (non-hydrogen) atoms. The normalized spacial score (nSPS) is 9.07. The minimum Gasteiger partial charge on any atom is -1.00 e. The molecule has 0 aliphatic heterocycles. The first kappa shape index (κ1) is 12.4. The third kappa shape index (κ3) is 3.16. The van der Waals surface area contributed by atoms with Gasteiger partial charge in [0, 0.05) is 11.1 Å². The van der Waals surface area contributed by atoms with Crippen LogP contribution in [0.2, 0.25) is 0 Å². The Bertz CT molecular complexity index is 390. The molecule has 0 heterocycles. The Morgan fingerprint density at radius 1 is 0.733 bits per heavy atom. The van der Waals surface area contributed by atoms with Crippen LogP contribution in [0.3, 0.4) is 0 Å². The average molecular weight is 224 g/mol. The second kappa shape index (κ2) is 6.06. The molecule has 2 rings (SSSR count). The molecule has 0 unspecified atom stereocenters. The molecule has 0 aliphatic rings. The average Bonchev–Trinajstić information content (AvgIpc) is 2.30. The van der Waals surface area contributed by atoms with Crippen LogP contribution in [0, 0.1) is 0 Å². The van der Waals surface area contributed by atoms with Gasteiger partial charge in [-0.2, -0.15) is 0 Å². The van der Waals surface area contributed by atoms with E-state index in [-0.39, 0.29) is 46.4 Å². The third-order valence-electron chi connectivity index (χ3n) is 2.07. The van der Waals surface area contributed by atoms with Crippen LogP contribution < -0.4 is 0 Å². The largest absolute Gasteiger partial charge is 2.00 e. The zero-order valence-corrected chi connectivity index (χ0v) is 10.6. The summed E-state index contributed by atoms with van der Waals surface area (Å²) in [4.78, 5) is 11.8. The molecular formula is C13H12CaO. The molecule has 0 aromatic heterocycles. The van der Waals surface area contributed by atoms with Gasteiger partial charge in [0.2, 0.25) is 0 Å². The van der Waals surface area contributed by atoms with Gasteiger partial charge in [-0.25, -0.2) is 0 Å². The van der Waals surface area contributed by atoms with Gasteiger partial charge in [-0.3, -0.25) is 4.79 Å². The number of hydrogen-bond donors (Lipinski definition) is 0. The maximum absolute atomic E-state index is 11.8. The summed E-state index contributed by atoms with van der Waals surface area (Å²) in [7, 11) is 0. The van der Waals surface area contributed by atoms with E-state index in [9.17, 15) is 4.79 Å². The van der Waals surface area contributed by atoms with Gasteiger partial charge in [0.1, 0.15) is 0 Å². The molecule has 0 spiro atoms. The van der Waals surface area contributed by atoms with Gasteiger partial charge in [0.25, 0.3) is 0 Å². The Labute approximate surface area is 122 Å². The summed E-state index contributed by atoms with van der Waals surface area (Å²) in [5, 5.41) is 0. The van der Waals surface area contributed by atoms with Crippen molar-refractivity contribution in [3.8, 4) is 0 Å². The van der Waals surface area contributed by atoms with Crippen molar-refractivity contribution in [2.45, 2.75) is 0 Å². The van der Waals surface area contributed by atoms with Crippen LogP contribution in [-0.2, 0) is 0 Å². The Morgan fingerprint density at radius 2 is 1.07 bits per heavy atom. The van der Waals surface area contributed by atoms with Gasteiger partial charge in [-0.05, 0) is 0 Å². The summed E-state index contributed by atoms with van der Waals surface area (Å²) in [6.07, 6.45) is 0. The fourth-order valence-corrected chi connectivity index (χ4v) is 1.35. The number of carbonyl (C=O) groups excluding carboxylic acids is 1. The molecule has 0 amide bonds. The van der Waals surface area contributed by atoms with Gasteiger partial charge in [0.15, 0.2) is 5.78 Å². The molecule has 1 nitrogen and oxygen atoms in total. The molecule has 2 aromatic rings. The summed E-state index contributed by atoms with van der Waals surface area (Å²) in [5.74, 6) is 0.0752. The molecule has 0 bridgehead atoms. The van der Waals surface area contributed by atoms with Crippen molar-refractivity contribution in [1.82, 2.24) is 0 Å². The Morgan fingerprint density at radius 3 is 1.40 bits per heavy atom. The SMILES string of the molecule is O=C(c1ccccc1)c1ccccc1.[Ca+2].[H-].[H-]. The van der Waals surface area contributed by atoms with Crippen LogP contribution in [0.1, 0.15) is 18.8 Å². The van der Waals surface area contributed by atoms with Gasteiger partial charge >= 0.3 is 37.7 Å². The molecule has 2 heteroatoms. The smallest absolute Gasteiger partial charge is 1.00 e. The van der Waals surface area contributed by atoms with E-state index in [1.165, 1.54) is 0 Å². The van der Waals surface area contributed by atoms with Crippen molar-refractivity contribution in [2.75, 3.05) is 0 Å². The predicted molar refractivity (Wildman–Crippen MR) is 64.3 cm³/mol. The first-order valence-electron chi connectivity index (χ1n) is 4.53. The van der Waals surface area contributed by atoms with E-state index < -0.39 is 0 Å². The van der Waals surface area contributed by atoms with Crippen molar-refractivity contribution >= 4 is 43.5 Å². The second-order valence-corrected chi connectivity index (χ2v) is 3.06. The zero-order valence-electron chi connectivity index (χ0n) is 10.4. The summed E-state index contributed by atoms with van der Waals surface area (Å²) in [5.41, 5.74) is 1.47. The minimum absolute atomic E-state index is 0. The quantitative estimate of drug-likeness (QED) is 0.566. The monoisotopic (exact) mass is 224 g/mol. The van der Waals surface area contributed by atoms with E-state index in [0.29, 0.717) is 0 Å². The zero-order chi connectivity index (χ0) is 9.80. The Hall–Kier alpha value is -0.630. The molecule has 2 aromatic carbocycles. The molecule has 0 fully saturated rings. The molecule has 0 saturated heterocycles. The summed E-state index contributed by atoms with van der Waals surface area (Å²) >= 11 is 0. The Balaban J connectivity index is 0. The van der Waals surface area contributed by atoms with Crippen molar-refractivity contribution in [3.05, 3.63) is 71.8 Å². The molecule has 0 radical (unpaired) electrons. The molecule has 0 saturated carbocycles. The van der Waals surface area contributed by atoms with E-state index in [1.54, 1.807) is 0 Å². The number of carbonyl (C=O) groups is 1. The van der Waals surface area contributed by atoms with Crippen LogP contribution in [-0.4, -0.2) is 43.5 Å². The van der Waals surface area contributed by atoms with E-state index in [2.05, 4.69) is 0 Å². The number of rotatable bonds is 2. The van der Waals surface area contributed by atoms with E-state index in [0.717, 1.165) is 11.1 Å². The number of ketones is 1. The van der Waals surface area contributed by atoms with Gasteiger partial charge < -0.3 is 2.85 Å². The summed E-state index contributed by atoms with van der Waals surface area (Å²) in [6, 6.07) is 18.6. The molecule has 0 N–H and O–H groups in total.